The first kappa shape index (κ1) is 16.0. The van der Waals surface area contributed by atoms with Crippen LogP contribution in [0.4, 0.5) is 17.1 Å². The van der Waals surface area contributed by atoms with Crippen molar-refractivity contribution in [2.45, 2.75) is 18.9 Å². The van der Waals surface area contributed by atoms with E-state index in [4.69, 9.17) is 15.2 Å². The molecule has 1 aliphatic carbocycles. The van der Waals surface area contributed by atoms with Crippen LogP contribution in [-0.4, -0.2) is 26.2 Å². The van der Waals surface area contributed by atoms with Crippen LogP contribution >= 0.6 is 0 Å². The number of amides is 1. The van der Waals surface area contributed by atoms with Crippen LogP contribution in [0, 0.1) is 0 Å². The number of nitrogens with one attached hydrogen (secondary N) is 2. The number of hydrogen-bond donors (Lipinski definition) is 3. The van der Waals surface area contributed by atoms with Crippen LogP contribution in [0.3, 0.4) is 0 Å². The first-order valence-electron chi connectivity index (χ1n) is 7.80. The molecule has 0 spiro atoms. The van der Waals surface area contributed by atoms with Gasteiger partial charge in [-0.3, -0.25) is 4.79 Å². The van der Waals surface area contributed by atoms with Gasteiger partial charge in [-0.05, 0) is 43.2 Å². The molecule has 1 aliphatic rings. The van der Waals surface area contributed by atoms with Gasteiger partial charge in [0.1, 0.15) is 11.5 Å². The maximum Gasteiger partial charge on any atom is 0.251 e. The van der Waals surface area contributed by atoms with Gasteiger partial charge in [0.25, 0.3) is 5.91 Å². The highest BCUT2D eigenvalue weighted by Gasteiger charge is 2.24. The molecular weight excluding hydrogens is 306 g/mol. The molecule has 3 rings (SSSR count). The Morgan fingerprint density at radius 1 is 1.08 bits per heavy atom. The van der Waals surface area contributed by atoms with E-state index in [1.54, 1.807) is 32.4 Å². The third kappa shape index (κ3) is 3.53. The molecular formula is C18H21N3O3. The molecule has 6 heteroatoms. The third-order valence-electron chi connectivity index (χ3n) is 3.90. The van der Waals surface area contributed by atoms with Crippen LogP contribution in [0.5, 0.6) is 11.5 Å². The van der Waals surface area contributed by atoms with Crippen LogP contribution in [-0.2, 0) is 0 Å². The van der Waals surface area contributed by atoms with Crippen LogP contribution in [0.1, 0.15) is 23.2 Å². The van der Waals surface area contributed by atoms with Gasteiger partial charge in [-0.15, -0.1) is 0 Å². The summed E-state index contributed by atoms with van der Waals surface area (Å²) < 4.78 is 10.6. The third-order valence-corrected chi connectivity index (χ3v) is 3.90. The summed E-state index contributed by atoms with van der Waals surface area (Å²) in [6.45, 7) is 0. The SMILES string of the molecule is COc1ccc(OC)c(Nc2ccc(C(=O)NC3CC3)cc2N)c1. The van der Waals surface area contributed by atoms with Crippen LogP contribution in [0.2, 0.25) is 0 Å². The molecule has 4 N–H and O–H groups in total. The summed E-state index contributed by atoms with van der Waals surface area (Å²) in [5.41, 5.74) is 8.58. The van der Waals surface area contributed by atoms with Crippen molar-refractivity contribution in [2.75, 3.05) is 25.3 Å². The van der Waals surface area contributed by atoms with Gasteiger partial charge < -0.3 is 25.8 Å². The summed E-state index contributed by atoms with van der Waals surface area (Å²) in [5, 5.41) is 6.17. The number of hydrogen-bond acceptors (Lipinski definition) is 5. The molecule has 0 unspecified atom stereocenters. The zero-order valence-corrected chi connectivity index (χ0v) is 13.8. The van der Waals surface area contributed by atoms with E-state index in [-0.39, 0.29) is 5.91 Å². The Kier molecular flexibility index (Phi) is 4.46. The summed E-state index contributed by atoms with van der Waals surface area (Å²) in [6, 6.07) is 11.0. The average molecular weight is 327 g/mol. The standard InChI is InChI=1S/C18H21N3O3/c1-23-13-6-8-17(24-2)16(10-13)21-15-7-3-11(9-14(15)19)18(22)20-12-4-5-12/h3,6-10,12,21H,4-5,19H2,1-2H3,(H,20,22). The van der Waals surface area contributed by atoms with E-state index in [2.05, 4.69) is 10.6 Å². The second-order valence-corrected chi connectivity index (χ2v) is 5.74. The molecule has 0 radical (unpaired) electrons. The van der Waals surface area contributed by atoms with Crippen LogP contribution in [0.15, 0.2) is 36.4 Å². The fourth-order valence-corrected chi connectivity index (χ4v) is 2.37. The lowest BCUT2D eigenvalue weighted by atomic mass is 10.1. The van der Waals surface area contributed by atoms with Crippen molar-refractivity contribution in [3.8, 4) is 11.5 Å². The fraction of sp³-hybridized carbons (Fsp3) is 0.278. The molecule has 0 heterocycles. The number of methoxy groups -OCH3 is 2. The van der Waals surface area contributed by atoms with Gasteiger partial charge in [0, 0.05) is 17.7 Å². The molecule has 2 aromatic rings. The zero-order chi connectivity index (χ0) is 17.1. The van der Waals surface area contributed by atoms with Crippen molar-refractivity contribution in [2.24, 2.45) is 0 Å². The van der Waals surface area contributed by atoms with E-state index < -0.39 is 0 Å². The number of nitrogen functional groups attached to an aromatic ring is 1. The van der Waals surface area contributed by atoms with E-state index in [0.29, 0.717) is 34.5 Å². The van der Waals surface area contributed by atoms with Crippen molar-refractivity contribution in [3.63, 3.8) is 0 Å². The number of benzene rings is 2. The number of nitrogens with two attached hydrogens (primary N) is 1. The molecule has 0 bridgehead atoms. The molecule has 1 fully saturated rings. The van der Waals surface area contributed by atoms with Crippen molar-refractivity contribution in [1.82, 2.24) is 5.32 Å². The number of rotatable bonds is 6. The van der Waals surface area contributed by atoms with Gasteiger partial charge in [-0.25, -0.2) is 0 Å². The second kappa shape index (κ2) is 6.70. The van der Waals surface area contributed by atoms with E-state index in [9.17, 15) is 4.79 Å². The van der Waals surface area contributed by atoms with Crippen molar-refractivity contribution < 1.29 is 14.3 Å². The molecule has 126 valence electrons. The summed E-state index contributed by atoms with van der Waals surface area (Å²) in [4.78, 5) is 12.1. The van der Waals surface area contributed by atoms with Gasteiger partial charge in [-0.1, -0.05) is 0 Å². The smallest absolute Gasteiger partial charge is 0.251 e. The normalized spacial score (nSPS) is 13.2. The Balaban J connectivity index is 1.81. The second-order valence-electron chi connectivity index (χ2n) is 5.74. The predicted octanol–water partition coefficient (Wildman–Crippen LogP) is 2.92. The van der Waals surface area contributed by atoms with Crippen LogP contribution < -0.4 is 25.8 Å². The van der Waals surface area contributed by atoms with Crippen molar-refractivity contribution in [3.05, 3.63) is 42.0 Å². The number of carbonyl (C=O) groups excluding carboxylic acids is 1. The Bertz CT molecular complexity index is 757. The lowest BCUT2D eigenvalue weighted by Crippen LogP contribution is -2.25. The van der Waals surface area contributed by atoms with E-state index in [0.717, 1.165) is 18.5 Å². The monoisotopic (exact) mass is 327 g/mol. The van der Waals surface area contributed by atoms with Gasteiger partial charge in [0.05, 0.1) is 31.3 Å². The summed E-state index contributed by atoms with van der Waals surface area (Å²) in [5.74, 6) is 1.29. The van der Waals surface area contributed by atoms with Crippen LogP contribution in [0.25, 0.3) is 0 Å². The zero-order valence-electron chi connectivity index (χ0n) is 13.8. The molecule has 1 saturated carbocycles. The molecule has 1 amide bonds. The fourth-order valence-electron chi connectivity index (χ4n) is 2.37. The highest BCUT2D eigenvalue weighted by atomic mass is 16.5. The molecule has 0 aromatic heterocycles. The largest absolute Gasteiger partial charge is 0.497 e. The minimum absolute atomic E-state index is 0.0882. The Morgan fingerprint density at radius 2 is 1.88 bits per heavy atom. The van der Waals surface area contributed by atoms with E-state index >= 15 is 0 Å². The molecule has 2 aromatic carbocycles. The first-order valence-corrected chi connectivity index (χ1v) is 7.80. The predicted molar refractivity (Wildman–Crippen MR) is 94.2 cm³/mol. The molecule has 24 heavy (non-hydrogen) atoms. The number of anilines is 3. The first-order chi connectivity index (χ1) is 11.6. The average Bonchev–Trinajstić information content (AvgIpc) is 3.40. The lowest BCUT2D eigenvalue weighted by Gasteiger charge is -2.15. The molecule has 0 saturated heterocycles. The maximum absolute atomic E-state index is 12.1. The maximum atomic E-state index is 12.1. The van der Waals surface area contributed by atoms with Gasteiger partial charge in [-0.2, -0.15) is 0 Å². The van der Waals surface area contributed by atoms with Gasteiger partial charge in [0.15, 0.2) is 0 Å². The Morgan fingerprint density at radius 3 is 2.50 bits per heavy atom. The summed E-state index contributed by atoms with van der Waals surface area (Å²) in [6.07, 6.45) is 2.10. The minimum Gasteiger partial charge on any atom is -0.497 e. The quantitative estimate of drug-likeness (QED) is 0.710. The van der Waals surface area contributed by atoms with Gasteiger partial charge >= 0.3 is 0 Å². The molecule has 0 atom stereocenters. The minimum atomic E-state index is -0.0882. The van der Waals surface area contributed by atoms with Crippen molar-refractivity contribution in [1.29, 1.82) is 0 Å². The Labute approximate surface area is 141 Å². The molecule has 6 nitrogen and oxygen atoms in total. The lowest BCUT2D eigenvalue weighted by molar-refractivity contribution is 0.0951. The molecule has 0 aliphatic heterocycles. The topological polar surface area (TPSA) is 85.6 Å². The number of carbonyl (C=O) groups is 1. The highest BCUT2D eigenvalue weighted by molar-refractivity contribution is 5.96. The summed E-state index contributed by atoms with van der Waals surface area (Å²) in [7, 11) is 3.20. The van der Waals surface area contributed by atoms with E-state index in [1.165, 1.54) is 0 Å². The Hall–Kier alpha value is -2.89. The van der Waals surface area contributed by atoms with Crippen molar-refractivity contribution >= 4 is 23.0 Å². The van der Waals surface area contributed by atoms with E-state index in [1.807, 2.05) is 18.2 Å². The van der Waals surface area contributed by atoms with Gasteiger partial charge in [0.2, 0.25) is 0 Å². The summed E-state index contributed by atoms with van der Waals surface area (Å²) >= 11 is 0. The number of ether oxygens (including phenoxy) is 2. The highest BCUT2D eigenvalue weighted by Crippen LogP contribution is 2.33.